The number of aromatic nitrogens is 3. The molecule has 0 atom stereocenters. The number of amides is 1. The van der Waals surface area contributed by atoms with Crippen molar-refractivity contribution >= 4 is 17.4 Å². The monoisotopic (exact) mass is 379 g/mol. The summed E-state index contributed by atoms with van der Waals surface area (Å²) < 4.78 is 10.5. The SMILES string of the molecule is COc1ccc(OC)c(NC(=O)c2cc(NCc3ccccn3)nc(C)n2)c1. The molecule has 0 saturated heterocycles. The molecule has 1 aromatic carbocycles. The number of rotatable bonds is 7. The Balaban J connectivity index is 1.77. The molecule has 0 aliphatic rings. The number of pyridine rings is 1. The van der Waals surface area contributed by atoms with Crippen LogP contribution in [0.4, 0.5) is 11.5 Å². The molecule has 0 aliphatic heterocycles. The van der Waals surface area contributed by atoms with E-state index < -0.39 is 0 Å². The number of carbonyl (C=O) groups excluding carboxylic acids is 1. The van der Waals surface area contributed by atoms with Gasteiger partial charge in [0.15, 0.2) is 0 Å². The molecule has 2 N–H and O–H groups in total. The van der Waals surface area contributed by atoms with Crippen molar-refractivity contribution in [3.05, 3.63) is 65.9 Å². The second kappa shape index (κ2) is 8.81. The Hall–Kier alpha value is -3.68. The van der Waals surface area contributed by atoms with E-state index in [1.54, 1.807) is 44.5 Å². The number of benzene rings is 1. The molecule has 0 spiro atoms. The van der Waals surface area contributed by atoms with Crippen LogP contribution >= 0.6 is 0 Å². The number of aryl methyl sites for hydroxylation is 1. The van der Waals surface area contributed by atoms with E-state index in [1.807, 2.05) is 18.2 Å². The zero-order valence-electron chi connectivity index (χ0n) is 15.9. The van der Waals surface area contributed by atoms with Crippen LogP contribution in [0.25, 0.3) is 0 Å². The quantitative estimate of drug-likeness (QED) is 0.651. The summed E-state index contributed by atoms with van der Waals surface area (Å²) in [5, 5.41) is 5.97. The van der Waals surface area contributed by atoms with Crippen molar-refractivity contribution in [1.82, 2.24) is 15.0 Å². The van der Waals surface area contributed by atoms with E-state index in [4.69, 9.17) is 9.47 Å². The molecule has 8 heteroatoms. The Kier molecular flexibility index (Phi) is 6.01. The number of carbonyl (C=O) groups is 1. The fourth-order valence-corrected chi connectivity index (χ4v) is 2.56. The maximum atomic E-state index is 12.7. The molecule has 1 amide bonds. The van der Waals surface area contributed by atoms with Gasteiger partial charge in [0.2, 0.25) is 0 Å². The highest BCUT2D eigenvalue weighted by atomic mass is 16.5. The maximum Gasteiger partial charge on any atom is 0.274 e. The summed E-state index contributed by atoms with van der Waals surface area (Å²) in [7, 11) is 3.09. The molecule has 0 fully saturated rings. The molecule has 2 heterocycles. The molecule has 8 nitrogen and oxygen atoms in total. The number of methoxy groups -OCH3 is 2. The zero-order chi connectivity index (χ0) is 19.9. The van der Waals surface area contributed by atoms with E-state index in [1.165, 1.54) is 7.11 Å². The van der Waals surface area contributed by atoms with Gasteiger partial charge in [-0.05, 0) is 31.2 Å². The molecular formula is C20H21N5O3. The van der Waals surface area contributed by atoms with Crippen LogP contribution in [0.1, 0.15) is 22.0 Å². The van der Waals surface area contributed by atoms with Crippen molar-refractivity contribution in [2.45, 2.75) is 13.5 Å². The lowest BCUT2D eigenvalue weighted by molar-refractivity contribution is 0.102. The molecule has 0 saturated carbocycles. The van der Waals surface area contributed by atoms with Crippen LogP contribution in [-0.2, 0) is 6.54 Å². The standard InChI is InChI=1S/C20H21N5O3/c1-13-23-17(11-19(24-13)22-12-14-6-4-5-9-21-14)20(26)25-16-10-15(27-2)7-8-18(16)28-3/h4-11H,12H2,1-3H3,(H,25,26)(H,22,23,24). The Morgan fingerprint density at radius 2 is 1.93 bits per heavy atom. The predicted octanol–water partition coefficient (Wildman–Crippen LogP) is 3.06. The summed E-state index contributed by atoms with van der Waals surface area (Å²) in [5.74, 6) is 1.77. The Bertz CT molecular complexity index is 963. The van der Waals surface area contributed by atoms with Gasteiger partial charge < -0.3 is 20.1 Å². The summed E-state index contributed by atoms with van der Waals surface area (Å²) in [6, 6.07) is 12.4. The highest BCUT2D eigenvalue weighted by molar-refractivity contribution is 6.04. The van der Waals surface area contributed by atoms with Crippen LogP contribution in [0.2, 0.25) is 0 Å². The summed E-state index contributed by atoms with van der Waals surface area (Å²) in [6.07, 6.45) is 1.72. The topological polar surface area (TPSA) is 98.3 Å². The number of hydrogen-bond acceptors (Lipinski definition) is 7. The van der Waals surface area contributed by atoms with Crippen LogP contribution in [0, 0.1) is 6.92 Å². The molecular weight excluding hydrogens is 358 g/mol. The summed E-state index contributed by atoms with van der Waals surface area (Å²) in [5.41, 5.74) is 1.60. The first-order valence-corrected chi connectivity index (χ1v) is 8.62. The summed E-state index contributed by atoms with van der Waals surface area (Å²) >= 11 is 0. The van der Waals surface area contributed by atoms with Crippen molar-refractivity contribution in [2.75, 3.05) is 24.9 Å². The summed E-state index contributed by atoms with van der Waals surface area (Å²) in [4.78, 5) is 25.5. The van der Waals surface area contributed by atoms with Crippen molar-refractivity contribution in [3.8, 4) is 11.5 Å². The third kappa shape index (κ3) is 4.73. The van der Waals surface area contributed by atoms with Crippen LogP contribution in [0.15, 0.2) is 48.7 Å². The van der Waals surface area contributed by atoms with E-state index in [0.29, 0.717) is 35.4 Å². The number of hydrogen-bond donors (Lipinski definition) is 2. The lowest BCUT2D eigenvalue weighted by Gasteiger charge is -2.12. The van der Waals surface area contributed by atoms with Gasteiger partial charge in [-0.15, -0.1) is 0 Å². The number of nitrogens with one attached hydrogen (secondary N) is 2. The minimum absolute atomic E-state index is 0.237. The molecule has 144 valence electrons. The highest BCUT2D eigenvalue weighted by Crippen LogP contribution is 2.29. The minimum Gasteiger partial charge on any atom is -0.497 e. The number of anilines is 2. The van der Waals surface area contributed by atoms with E-state index in [9.17, 15) is 4.79 Å². The van der Waals surface area contributed by atoms with E-state index in [-0.39, 0.29) is 11.6 Å². The molecule has 3 rings (SSSR count). The Morgan fingerprint density at radius 1 is 1.07 bits per heavy atom. The fourth-order valence-electron chi connectivity index (χ4n) is 2.56. The van der Waals surface area contributed by atoms with Gasteiger partial charge in [0.1, 0.15) is 28.8 Å². The van der Waals surface area contributed by atoms with Gasteiger partial charge in [-0.2, -0.15) is 0 Å². The fraction of sp³-hybridized carbons (Fsp3) is 0.200. The van der Waals surface area contributed by atoms with Crippen molar-refractivity contribution in [3.63, 3.8) is 0 Å². The molecule has 28 heavy (non-hydrogen) atoms. The number of ether oxygens (including phenoxy) is 2. The molecule has 0 aliphatic carbocycles. The average molecular weight is 379 g/mol. The van der Waals surface area contributed by atoms with Crippen LogP contribution in [0.3, 0.4) is 0 Å². The van der Waals surface area contributed by atoms with Crippen molar-refractivity contribution < 1.29 is 14.3 Å². The first-order chi connectivity index (χ1) is 13.6. The second-order valence-electron chi connectivity index (χ2n) is 5.88. The molecule has 0 unspecified atom stereocenters. The average Bonchev–Trinajstić information content (AvgIpc) is 2.72. The smallest absolute Gasteiger partial charge is 0.274 e. The van der Waals surface area contributed by atoms with Gasteiger partial charge in [-0.3, -0.25) is 9.78 Å². The summed E-state index contributed by atoms with van der Waals surface area (Å²) in [6.45, 7) is 2.22. The van der Waals surface area contributed by atoms with E-state index in [2.05, 4.69) is 25.6 Å². The van der Waals surface area contributed by atoms with Crippen molar-refractivity contribution in [1.29, 1.82) is 0 Å². The second-order valence-corrected chi connectivity index (χ2v) is 5.88. The third-order valence-corrected chi connectivity index (χ3v) is 3.90. The van der Waals surface area contributed by atoms with E-state index >= 15 is 0 Å². The number of nitrogens with zero attached hydrogens (tertiary/aromatic N) is 3. The lowest BCUT2D eigenvalue weighted by Crippen LogP contribution is -2.16. The molecule has 3 aromatic rings. The normalized spacial score (nSPS) is 10.2. The van der Waals surface area contributed by atoms with Crippen LogP contribution in [-0.4, -0.2) is 35.1 Å². The van der Waals surface area contributed by atoms with Gasteiger partial charge in [0, 0.05) is 18.3 Å². The van der Waals surface area contributed by atoms with Gasteiger partial charge in [0.05, 0.1) is 32.1 Å². The highest BCUT2D eigenvalue weighted by Gasteiger charge is 2.14. The van der Waals surface area contributed by atoms with E-state index in [0.717, 1.165) is 5.69 Å². The van der Waals surface area contributed by atoms with Gasteiger partial charge in [-0.25, -0.2) is 9.97 Å². The lowest BCUT2D eigenvalue weighted by atomic mass is 10.2. The first kappa shape index (κ1) is 19.1. The Morgan fingerprint density at radius 3 is 2.64 bits per heavy atom. The Labute approximate surface area is 163 Å². The molecule has 0 radical (unpaired) electrons. The first-order valence-electron chi connectivity index (χ1n) is 8.62. The zero-order valence-corrected chi connectivity index (χ0v) is 15.9. The minimum atomic E-state index is -0.377. The maximum absolute atomic E-state index is 12.7. The van der Waals surface area contributed by atoms with Gasteiger partial charge in [0.25, 0.3) is 5.91 Å². The van der Waals surface area contributed by atoms with Gasteiger partial charge >= 0.3 is 0 Å². The van der Waals surface area contributed by atoms with Crippen LogP contribution in [0.5, 0.6) is 11.5 Å². The van der Waals surface area contributed by atoms with Crippen LogP contribution < -0.4 is 20.1 Å². The van der Waals surface area contributed by atoms with Gasteiger partial charge in [-0.1, -0.05) is 6.07 Å². The van der Waals surface area contributed by atoms with Crippen molar-refractivity contribution in [2.24, 2.45) is 0 Å². The molecule has 0 bridgehead atoms. The molecule has 2 aromatic heterocycles. The largest absolute Gasteiger partial charge is 0.497 e. The third-order valence-electron chi connectivity index (χ3n) is 3.90. The predicted molar refractivity (Wildman–Crippen MR) is 106 cm³/mol.